The first-order chi connectivity index (χ1) is 22.7. The number of imide groups is 1. The second-order valence-corrected chi connectivity index (χ2v) is 12.2. The van der Waals surface area contributed by atoms with Gasteiger partial charge < -0.3 is 19.5 Å². The van der Waals surface area contributed by atoms with Gasteiger partial charge in [0, 0.05) is 66.6 Å². The van der Waals surface area contributed by atoms with E-state index in [1.165, 1.54) is 58.3 Å². The minimum Gasteiger partial charge on any atom is -0.508 e. The third-order valence-corrected chi connectivity index (χ3v) is 9.54. The topological polar surface area (TPSA) is 200 Å². The number of ketones is 2. The van der Waals surface area contributed by atoms with E-state index in [4.69, 9.17) is 9.47 Å². The molecule has 4 atom stereocenters. The molecule has 4 aliphatic rings. The molecule has 0 aromatic heterocycles. The quantitative estimate of drug-likeness (QED) is 0.148. The SMILES string of the molecule is COc1cc(O)cc(OC)c1[C@H]1C2=CC[C@@H]3C(=O)N(c4cc([N+](=O)[O-])c(N(C)C)c([N+](=O)[O-])c4)C(=O)[C@@H]3[C@@H]2CC2=C1C(=O)C(C)=CC2=O. The predicted octanol–water partition coefficient (Wildman–Crippen LogP) is 3.93. The highest BCUT2D eigenvalue weighted by Crippen LogP contribution is 2.58. The van der Waals surface area contributed by atoms with Gasteiger partial charge in [-0.15, -0.1) is 0 Å². The molecule has 2 aromatic rings. The zero-order valence-electron chi connectivity index (χ0n) is 26.5. The van der Waals surface area contributed by atoms with Gasteiger partial charge in [-0.2, -0.15) is 0 Å². The number of anilines is 2. The number of hydrogen-bond donors (Lipinski definition) is 1. The maximum Gasteiger partial charge on any atom is 0.301 e. The number of fused-ring (bicyclic) bond motifs is 3. The number of hydrogen-bond acceptors (Lipinski definition) is 12. The average molecular weight is 659 g/mol. The molecule has 2 amide bonds. The lowest BCUT2D eigenvalue weighted by Crippen LogP contribution is -2.40. The summed E-state index contributed by atoms with van der Waals surface area (Å²) in [5.41, 5.74) is -0.470. The summed E-state index contributed by atoms with van der Waals surface area (Å²) < 4.78 is 11.2. The van der Waals surface area contributed by atoms with E-state index in [0.717, 1.165) is 17.0 Å². The number of nitrogens with zero attached hydrogens (tertiary/aromatic N) is 4. The Labute approximate surface area is 273 Å². The minimum absolute atomic E-state index is 0.0380. The van der Waals surface area contributed by atoms with Crippen molar-refractivity contribution in [1.29, 1.82) is 0 Å². The number of aromatic hydroxyl groups is 1. The normalized spacial score (nSPS) is 23.2. The second-order valence-electron chi connectivity index (χ2n) is 12.2. The van der Waals surface area contributed by atoms with Crippen LogP contribution in [0, 0.1) is 38.0 Å². The highest BCUT2D eigenvalue weighted by Gasteiger charge is 2.57. The highest BCUT2D eigenvalue weighted by atomic mass is 16.6. The van der Waals surface area contributed by atoms with Crippen LogP contribution in [0.3, 0.4) is 0 Å². The van der Waals surface area contributed by atoms with Crippen LogP contribution < -0.4 is 19.3 Å². The molecule has 0 saturated carbocycles. The van der Waals surface area contributed by atoms with E-state index in [-0.39, 0.29) is 64.0 Å². The number of rotatable bonds is 7. The Morgan fingerprint density at radius 1 is 0.917 bits per heavy atom. The molecule has 3 aliphatic carbocycles. The van der Waals surface area contributed by atoms with E-state index < -0.39 is 62.5 Å². The summed E-state index contributed by atoms with van der Waals surface area (Å²) >= 11 is 0. The molecule has 15 nitrogen and oxygen atoms in total. The van der Waals surface area contributed by atoms with Crippen LogP contribution in [0.5, 0.6) is 17.2 Å². The third-order valence-electron chi connectivity index (χ3n) is 9.54. The second kappa shape index (κ2) is 11.4. The van der Waals surface area contributed by atoms with Crippen LogP contribution in [0.1, 0.15) is 31.2 Å². The van der Waals surface area contributed by atoms with Gasteiger partial charge in [-0.1, -0.05) is 11.6 Å². The van der Waals surface area contributed by atoms with E-state index in [9.17, 15) is 44.5 Å². The van der Waals surface area contributed by atoms with Gasteiger partial charge in [0.2, 0.25) is 11.8 Å². The van der Waals surface area contributed by atoms with Crippen molar-refractivity contribution >= 4 is 46.1 Å². The van der Waals surface area contributed by atoms with Crippen molar-refractivity contribution in [2.45, 2.75) is 25.7 Å². The van der Waals surface area contributed by atoms with Crippen molar-refractivity contribution in [1.82, 2.24) is 0 Å². The number of amides is 2. The molecule has 1 fully saturated rings. The highest BCUT2D eigenvalue weighted by molar-refractivity contribution is 6.25. The molecule has 6 rings (SSSR count). The van der Waals surface area contributed by atoms with Crippen LogP contribution in [-0.4, -0.2) is 66.6 Å². The minimum atomic E-state index is -1.07. The number of Topliss-reactive ketones (excluding diaryl/α,β-unsaturated/α-hetero) is 1. The Hall–Kier alpha value is -5.86. The number of allylic oxidation sites excluding steroid dienone is 6. The number of phenols is 1. The molecule has 1 saturated heterocycles. The Morgan fingerprint density at radius 2 is 1.50 bits per heavy atom. The van der Waals surface area contributed by atoms with Crippen molar-refractivity contribution in [2.24, 2.45) is 17.8 Å². The number of benzene rings is 2. The zero-order chi connectivity index (χ0) is 34.9. The maximum absolute atomic E-state index is 14.3. The lowest BCUT2D eigenvalue weighted by Gasteiger charge is -2.42. The van der Waals surface area contributed by atoms with Gasteiger partial charge in [0.1, 0.15) is 17.2 Å². The van der Waals surface area contributed by atoms with Crippen molar-refractivity contribution in [3.05, 3.63) is 84.5 Å². The Balaban J connectivity index is 1.53. The van der Waals surface area contributed by atoms with Gasteiger partial charge in [-0.05, 0) is 31.8 Å². The third kappa shape index (κ3) is 4.64. The Bertz CT molecular complexity index is 1910. The molecule has 0 radical (unpaired) electrons. The summed E-state index contributed by atoms with van der Waals surface area (Å²) in [6.45, 7) is 1.53. The van der Waals surface area contributed by atoms with Crippen LogP contribution in [-0.2, 0) is 19.2 Å². The van der Waals surface area contributed by atoms with E-state index in [1.807, 2.05) is 0 Å². The Morgan fingerprint density at radius 3 is 2.02 bits per heavy atom. The van der Waals surface area contributed by atoms with E-state index in [0.29, 0.717) is 11.1 Å². The van der Waals surface area contributed by atoms with Gasteiger partial charge in [0.25, 0.3) is 0 Å². The lowest BCUT2D eigenvalue weighted by atomic mass is 9.59. The standard InChI is InChI=1S/C33H30N4O11/c1-14-8-23(39)20-13-19-17(27(28(20)31(14)40)29-24(47-4)11-16(38)12-25(29)48-5)6-7-18-26(19)33(42)35(32(18)41)15-9-21(36(43)44)30(34(2)3)22(10-15)37(45)46/h6,8-12,18-19,26-27,38H,7,13H2,1-5H3/t18-,19+,26-,27-/m0/s1. The number of ether oxygens (including phenoxy) is 2. The molecule has 0 spiro atoms. The monoisotopic (exact) mass is 658 g/mol. The van der Waals surface area contributed by atoms with Crippen molar-refractivity contribution in [3.8, 4) is 17.2 Å². The first-order valence-corrected chi connectivity index (χ1v) is 14.9. The van der Waals surface area contributed by atoms with Crippen LogP contribution in [0.25, 0.3) is 0 Å². The number of carbonyl (C=O) groups excluding carboxylic acids is 4. The predicted molar refractivity (Wildman–Crippen MR) is 169 cm³/mol. The molecule has 1 aliphatic heterocycles. The summed E-state index contributed by atoms with van der Waals surface area (Å²) in [5.74, 6) is -5.85. The molecular weight excluding hydrogens is 628 g/mol. The summed E-state index contributed by atoms with van der Waals surface area (Å²) in [7, 11) is 5.54. The molecule has 15 heteroatoms. The number of phenolic OH excluding ortho intramolecular Hbond substituents is 1. The van der Waals surface area contributed by atoms with Crippen molar-refractivity contribution < 1.29 is 43.6 Å². The molecule has 0 bridgehead atoms. The molecule has 1 N–H and O–H groups in total. The first kappa shape index (κ1) is 32.1. The maximum atomic E-state index is 14.3. The number of nitro benzene ring substituents is 2. The summed E-state index contributed by atoms with van der Waals surface area (Å²) in [6, 6.07) is 4.62. The van der Waals surface area contributed by atoms with Gasteiger partial charge in [-0.3, -0.25) is 39.4 Å². The van der Waals surface area contributed by atoms with Crippen LogP contribution >= 0.6 is 0 Å². The largest absolute Gasteiger partial charge is 0.508 e. The fourth-order valence-corrected chi connectivity index (χ4v) is 7.61. The summed E-state index contributed by atoms with van der Waals surface area (Å²) in [4.78, 5) is 80.0. The molecule has 2 aromatic carbocycles. The number of nitro groups is 2. The average Bonchev–Trinajstić information content (AvgIpc) is 3.30. The number of methoxy groups -OCH3 is 2. The van der Waals surface area contributed by atoms with Gasteiger partial charge in [-0.25, -0.2) is 4.90 Å². The van der Waals surface area contributed by atoms with E-state index in [1.54, 1.807) is 6.08 Å². The Kier molecular flexibility index (Phi) is 7.65. The van der Waals surface area contributed by atoms with Crippen molar-refractivity contribution in [3.63, 3.8) is 0 Å². The van der Waals surface area contributed by atoms with E-state index >= 15 is 0 Å². The number of carbonyl (C=O) groups is 4. The van der Waals surface area contributed by atoms with E-state index in [2.05, 4.69) is 0 Å². The molecule has 48 heavy (non-hydrogen) atoms. The van der Waals surface area contributed by atoms with Crippen LogP contribution in [0.4, 0.5) is 22.7 Å². The van der Waals surface area contributed by atoms with Gasteiger partial charge in [0.15, 0.2) is 17.3 Å². The molecule has 1 heterocycles. The lowest BCUT2D eigenvalue weighted by molar-refractivity contribution is -0.392. The molecular formula is C33H30N4O11. The fourth-order valence-electron chi connectivity index (χ4n) is 7.61. The summed E-state index contributed by atoms with van der Waals surface area (Å²) in [5, 5.41) is 34.4. The van der Waals surface area contributed by atoms with Gasteiger partial charge in [0.05, 0.1) is 41.6 Å². The summed E-state index contributed by atoms with van der Waals surface area (Å²) in [6.07, 6.45) is 2.97. The zero-order valence-corrected chi connectivity index (χ0v) is 26.5. The first-order valence-electron chi connectivity index (χ1n) is 14.9. The fraction of sp³-hybridized carbons (Fsp3) is 0.333. The molecule has 248 valence electrons. The van der Waals surface area contributed by atoms with Crippen molar-refractivity contribution in [2.75, 3.05) is 38.1 Å². The molecule has 0 unspecified atom stereocenters. The van der Waals surface area contributed by atoms with Crippen LogP contribution in [0.2, 0.25) is 0 Å². The smallest absolute Gasteiger partial charge is 0.301 e. The van der Waals surface area contributed by atoms with Gasteiger partial charge >= 0.3 is 11.4 Å². The van der Waals surface area contributed by atoms with Crippen LogP contribution in [0.15, 0.2) is 58.7 Å².